The van der Waals surface area contributed by atoms with Crippen LogP contribution in [0.1, 0.15) is 25.3 Å². The quantitative estimate of drug-likeness (QED) is 0.393. The minimum Gasteiger partial charge on any atom is -0.512 e. The van der Waals surface area contributed by atoms with Crippen molar-refractivity contribution >= 4 is 5.78 Å². The number of rotatable bonds is 3. The van der Waals surface area contributed by atoms with Gasteiger partial charge in [0, 0.05) is 16.1 Å². The lowest BCUT2D eigenvalue weighted by molar-refractivity contribution is -0.546. The number of Topliss-reactive ketones (excluding diaryl/α,β-unsaturated/α-hetero) is 1. The van der Waals surface area contributed by atoms with Crippen molar-refractivity contribution in [1.82, 2.24) is 0 Å². The van der Waals surface area contributed by atoms with E-state index in [1.165, 1.54) is 24.3 Å². The number of hydrogen-bond donors (Lipinski definition) is 1. The summed E-state index contributed by atoms with van der Waals surface area (Å²) in [5.41, 5.74) is -0.375. The molecule has 0 radical (unpaired) electrons. The van der Waals surface area contributed by atoms with Crippen LogP contribution >= 0.6 is 0 Å². The first-order valence-electron chi connectivity index (χ1n) is 6.92. The Kier molecular flexibility index (Phi) is 4.54. The lowest BCUT2D eigenvalue weighted by atomic mass is 9.78. The van der Waals surface area contributed by atoms with Crippen LogP contribution in [0.15, 0.2) is 35.6 Å². The van der Waals surface area contributed by atoms with Crippen molar-refractivity contribution in [3.8, 4) is 5.75 Å². The summed E-state index contributed by atoms with van der Waals surface area (Å²) in [6.07, 6.45) is -7.75. The monoisotopic (exact) mass is 345 g/mol. The minimum atomic E-state index is -5.02. The van der Waals surface area contributed by atoms with E-state index in [-0.39, 0.29) is 11.3 Å². The number of aliphatic hydroxyl groups is 1. The highest BCUT2D eigenvalue weighted by Gasteiger charge is 2.60. The molecule has 1 aliphatic heterocycles. The molecule has 1 aromatic rings. The highest BCUT2D eigenvalue weighted by molar-refractivity contribution is 5.95. The lowest BCUT2D eigenvalue weighted by Crippen LogP contribution is -2.54. The maximum absolute atomic E-state index is 13.3. The number of allylic oxidation sites excluding steroid dienone is 1. The second kappa shape index (κ2) is 6.14. The van der Waals surface area contributed by atoms with Gasteiger partial charge in [-0.3, -0.25) is 14.9 Å². The normalized spacial score (nSPS) is 24.5. The maximum Gasteiger partial charge on any atom is 0.432 e. The Morgan fingerprint density at radius 3 is 2.33 bits per heavy atom. The van der Waals surface area contributed by atoms with Crippen LogP contribution in [0.3, 0.4) is 0 Å². The second-order valence-corrected chi connectivity index (χ2v) is 5.43. The van der Waals surface area contributed by atoms with E-state index in [4.69, 9.17) is 4.74 Å². The zero-order chi connectivity index (χ0) is 18.2. The van der Waals surface area contributed by atoms with Gasteiger partial charge in [-0.25, -0.2) is 0 Å². The number of alkyl halides is 3. The van der Waals surface area contributed by atoms with Crippen LogP contribution in [0, 0.1) is 10.1 Å². The molecule has 2 rings (SSSR count). The van der Waals surface area contributed by atoms with Crippen molar-refractivity contribution in [2.45, 2.75) is 38.1 Å². The van der Waals surface area contributed by atoms with Crippen LogP contribution in [-0.2, 0) is 4.79 Å². The van der Waals surface area contributed by atoms with Crippen molar-refractivity contribution in [3.05, 3.63) is 51.3 Å². The molecule has 1 heterocycles. The number of benzene rings is 1. The first-order valence-corrected chi connectivity index (χ1v) is 6.92. The van der Waals surface area contributed by atoms with Crippen molar-refractivity contribution in [2.24, 2.45) is 0 Å². The Morgan fingerprint density at radius 1 is 1.29 bits per heavy atom. The lowest BCUT2D eigenvalue weighted by Gasteiger charge is -2.35. The molecular formula is C15H14F3NO5. The van der Waals surface area contributed by atoms with E-state index in [0.717, 1.165) is 13.8 Å². The average molecular weight is 345 g/mol. The van der Waals surface area contributed by atoms with Gasteiger partial charge in [0.2, 0.25) is 0 Å². The van der Waals surface area contributed by atoms with Crippen LogP contribution in [0.25, 0.3) is 0 Å². The van der Waals surface area contributed by atoms with Gasteiger partial charge >= 0.3 is 6.18 Å². The summed E-state index contributed by atoms with van der Waals surface area (Å²) >= 11 is 0. The predicted octanol–water partition coefficient (Wildman–Crippen LogP) is 3.16. The fraction of sp³-hybridized carbons (Fsp3) is 0.400. The van der Waals surface area contributed by atoms with Gasteiger partial charge < -0.3 is 9.84 Å². The fourth-order valence-corrected chi connectivity index (χ4v) is 2.93. The van der Waals surface area contributed by atoms with E-state index in [0.29, 0.717) is 0 Å². The predicted molar refractivity (Wildman–Crippen MR) is 76.4 cm³/mol. The van der Waals surface area contributed by atoms with Crippen LogP contribution in [0.5, 0.6) is 5.75 Å². The van der Waals surface area contributed by atoms with E-state index in [2.05, 4.69) is 0 Å². The Morgan fingerprint density at radius 2 is 1.88 bits per heavy atom. The van der Waals surface area contributed by atoms with Gasteiger partial charge in [0.1, 0.15) is 5.75 Å². The molecule has 9 heteroatoms. The fourth-order valence-electron chi connectivity index (χ4n) is 2.93. The number of nitro groups is 1. The number of nitrogens with zero attached hydrogens (tertiary/aromatic N) is 1. The number of aliphatic hydroxyl groups excluding tert-OH is 1. The van der Waals surface area contributed by atoms with Crippen molar-refractivity contribution in [1.29, 1.82) is 0 Å². The third-order valence-corrected chi connectivity index (χ3v) is 3.81. The number of carbonyl (C=O) groups is 1. The van der Waals surface area contributed by atoms with Crippen LogP contribution in [-0.4, -0.2) is 34.1 Å². The van der Waals surface area contributed by atoms with E-state index in [1.807, 2.05) is 0 Å². The highest BCUT2D eigenvalue weighted by atomic mass is 19.4. The molecule has 6 nitrogen and oxygen atoms in total. The van der Waals surface area contributed by atoms with Crippen LogP contribution in [0.2, 0.25) is 0 Å². The zero-order valence-electron chi connectivity index (χ0n) is 12.7. The van der Waals surface area contributed by atoms with Crippen LogP contribution in [0.4, 0.5) is 13.2 Å². The van der Waals surface area contributed by atoms with Gasteiger partial charge in [0.15, 0.2) is 5.78 Å². The summed E-state index contributed by atoms with van der Waals surface area (Å²) in [5.74, 6) is -3.08. The molecule has 0 unspecified atom stereocenters. The number of ketones is 1. The van der Waals surface area contributed by atoms with Gasteiger partial charge in [-0.05, 0) is 19.9 Å². The number of para-hydroxylation sites is 1. The largest absolute Gasteiger partial charge is 0.512 e. The maximum atomic E-state index is 13.3. The van der Waals surface area contributed by atoms with Crippen molar-refractivity contribution in [2.75, 3.05) is 0 Å². The topological polar surface area (TPSA) is 89.7 Å². The van der Waals surface area contributed by atoms with Crippen molar-refractivity contribution < 1.29 is 32.7 Å². The molecule has 0 spiro atoms. The minimum absolute atomic E-state index is 0.0540. The summed E-state index contributed by atoms with van der Waals surface area (Å²) in [6.45, 7) is 2.14. The third-order valence-electron chi connectivity index (χ3n) is 3.81. The summed E-state index contributed by atoms with van der Waals surface area (Å²) in [4.78, 5) is 22.1. The average Bonchev–Trinajstić information content (AvgIpc) is 2.44. The number of carbonyl (C=O) groups excluding carboxylic acids is 1. The summed E-state index contributed by atoms with van der Waals surface area (Å²) in [7, 11) is 0. The molecule has 1 N–H and O–H groups in total. The molecule has 1 aliphatic rings. The zero-order valence-corrected chi connectivity index (χ0v) is 12.7. The molecule has 24 heavy (non-hydrogen) atoms. The van der Waals surface area contributed by atoms with E-state index < -0.39 is 46.3 Å². The Balaban J connectivity index is 2.77. The standard InChI is InChI=1S/C15H14F3NO5/c1-7(20)11(8(2)21)12-9-5-3-4-6-10(9)24-14(15(16,17)18)13(12)19(22)23/h3-6,12-14,20H,1-2H3/t12-,13-,14-/m0/s1. The van der Waals surface area contributed by atoms with Gasteiger partial charge in [-0.15, -0.1) is 0 Å². The smallest absolute Gasteiger partial charge is 0.432 e. The first-order chi connectivity index (χ1) is 11.1. The molecule has 0 amide bonds. The molecule has 0 saturated carbocycles. The van der Waals surface area contributed by atoms with E-state index in [9.17, 15) is 33.2 Å². The number of fused-ring (bicyclic) bond motifs is 1. The molecule has 0 fully saturated rings. The molecule has 0 bridgehead atoms. The molecule has 0 aliphatic carbocycles. The van der Waals surface area contributed by atoms with E-state index in [1.54, 1.807) is 0 Å². The molecule has 1 aromatic carbocycles. The molecule has 0 aromatic heterocycles. The molecule has 130 valence electrons. The van der Waals surface area contributed by atoms with Crippen molar-refractivity contribution in [3.63, 3.8) is 0 Å². The summed E-state index contributed by atoms with van der Waals surface area (Å²) < 4.78 is 44.7. The van der Waals surface area contributed by atoms with Gasteiger partial charge in [-0.2, -0.15) is 13.2 Å². The Labute approximate surface area is 134 Å². The van der Waals surface area contributed by atoms with E-state index >= 15 is 0 Å². The van der Waals surface area contributed by atoms with Crippen LogP contribution < -0.4 is 4.74 Å². The highest BCUT2D eigenvalue weighted by Crippen LogP contribution is 2.46. The summed E-state index contributed by atoms with van der Waals surface area (Å²) in [6, 6.07) is 3.17. The summed E-state index contributed by atoms with van der Waals surface area (Å²) in [5, 5.41) is 21.2. The number of ether oxygens (including phenoxy) is 1. The third kappa shape index (κ3) is 3.06. The Bertz CT molecular complexity index is 709. The Hall–Kier alpha value is -2.58. The second-order valence-electron chi connectivity index (χ2n) is 5.43. The van der Waals surface area contributed by atoms with Gasteiger partial charge in [-0.1, -0.05) is 18.2 Å². The number of hydrogen-bond acceptors (Lipinski definition) is 5. The first kappa shape index (κ1) is 17.8. The van der Waals surface area contributed by atoms with Gasteiger partial charge in [0.25, 0.3) is 12.1 Å². The molecule has 3 atom stereocenters. The SMILES string of the molecule is CC(=O)C(=C(C)O)[C@@H]1c2ccccc2O[C@H](C(F)(F)F)[C@H]1[N+](=O)[O-]. The number of halogens is 3. The molecule has 0 saturated heterocycles. The van der Waals surface area contributed by atoms with Gasteiger partial charge in [0.05, 0.1) is 11.7 Å². The molecular weight excluding hydrogens is 331 g/mol.